The monoisotopic (exact) mass is 263 g/mol. The number of halogens is 1. The molecule has 0 amide bonds. The maximum atomic E-state index is 9.94. The first-order valence-corrected chi connectivity index (χ1v) is 3.91. The molecule has 0 fully saturated rings. The standard InChI is InChI=1S/C7H5IO3/c8-6-3-1-5(11-6)2-4-7(9)10/h1-4H,(H,9,10)/p-1/b4-2+. The van der Waals surface area contributed by atoms with Crippen LogP contribution in [0.2, 0.25) is 0 Å². The molecular formula is C7H4IO3-. The van der Waals surface area contributed by atoms with Crippen molar-refractivity contribution in [3.8, 4) is 0 Å². The van der Waals surface area contributed by atoms with Gasteiger partial charge < -0.3 is 14.3 Å². The van der Waals surface area contributed by atoms with Crippen molar-refractivity contribution in [3.63, 3.8) is 0 Å². The second-order valence-electron chi connectivity index (χ2n) is 1.79. The largest absolute Gasteiger partial charge is 0.545 e. The lowest BCUT2D eigenvalue weighted by Gasteiger charge is -1.87. The van der Waals surface area contributed by atoms with E-state index >= 15 is 0 Å². The smallest absolute Gasteiger partial charge is 0.164 e. The van der Waals surface area contributed by atoms with Gasteiger partial charge in [-0.05, 0) is 46.9 Å². The third kappa shape index (κ3) is 2.75. The third-order valence-corrected chi connectivity index (χ3v) is 1.56. The maximum Gasteiger partial charge on any atom is 0.164 e. The van der Waals surface area contributed by atoms with Crippen LogP contribution in [0.5, 0.6) is 0 Å². The maximum absolute atomic E-state index is 9.94. The van der Waals surface area contributed by atoms with Crippen molar-refractivity contribution in [2.75, 3.05) is 0 Å². The van der Waals surface area contributed by atoms with E-state index in [0.717, 1.165) is 9.84 Å². The minimum absolute atomic E-state index is 0.513. The molecule has 0 spiro atoms. The van der Waals surface area contributed by atoms with Crippen molar-refractivity contribution in [2.45, 2.75) is 0 Å². The van der Waals surface area contributed by atoms with Gasteiger partial charge in [-0.1, -0.05) is 0 Å². The fraction of sp³-hybridized carbons (Fsp3) is 0. The fourth-order valence-corrected chi connectivity index (χ4v) is 1.00. The van der Waals surface area contributed by atoms with Crippen LogP contribution in [0.1, 0.15) is 5.76 Å². The van der Waals surface area contributed by atoms with Crippen molar-refractivity contribution < 1.29 is 14.3 Å². The molecule has 4 heteroatoms. The van der Waals surface area contributed by atoms with E-state index in [9.17, 15) is 9.90 Å². The van der Waals surface area contributed by atoms with E-state index in [1.807, 2.05) is 22.6 Å². The molecule has 0 aliphatic rings. The summed E-state index contributed by atoms with van der Waals surface area (Å²) >= 11 is 1.99. The summed E-state index contributed by atoms with van der Waals surface area (Å²) in [4.78, 5) is 9.94. The van der Waals surface area contributed by atoms with E-state index in [0.29, 0.717) is 5.76 Å². The highest BCUT2D eigenvalue weighted by Gasteiger charge is 1.92. The second-order valence-corrected chi connectivity index (χ2v) is 2.86. The van der Waals surface area contributed by atoms with Crippen molar-refractivity contribution in [3.05, 3.63) is 27.7 Å². The number of carbonyl (C=O) groups is 1. The third-order valence-electron chi connectivity index (χ3n) is 0.978. The van der Waals surface area contributed by atoms with Crippen molar-refractivity contribution in [1.82, 2.24) is 0 Å². The van der Waals surface area contributed by atoms with E-state index in [4.69, 9.17) is 4.42 Å². The van der Waals surface area contributed by atoms with Gasteiger partial charge in [-0.25, -0.2) is 0 Å². The normalized spacial score (nSPS) is 10.6. The van der Waals surface area contributed by atoms with Gasteiger partial charge in [-0.2, -0.15) is 0 Å². The number of carbonyl (C=O) groups excluding carboxylic acids is 1. The molecular weight excluding hydrogens is 259 g/mol. The summed E-state index contributed by atoms with van der Waals surface area (Å²) in [5, 5.41) is 9.94. The quantitative estimate of drug-likeness (QED) is 0.581. The molecule has 0 saturated carbocycles. The van der Waals surface area contributed by atoms with E-state index < -0.39 is 5.97 Å². The lowest BCUT2D eigenvalue weighted by atomic mass is 10.4. The zero-order chi connectivity index (χ0) is 8.27. The van der Waals surface area contributed by atoms with E-state index in [1.165, 1.54) is 6.08 Å². The molecule has 1 rings (SSSR count). The van der Waals surface area contributed by atoms with Crippen LogP contribution in [0.4, 0.5) is 0 Å². The van der Waals surface area contributed by atoms with Crippen LogP contribution < -0.4 is 5.11 Å². The first-order valence-electron chi connectivity index (χ1n) is 2.83. The minimum atomic E-state index is -1.23. The van der Waals surface area contributed by atoms with Crippen LogP contribution in [-0.2, 0) is 4.79 Å². The summed E-state index contributed by atoms with van der Waals surface area (Å²) in [6, 6.07) is 3.43. The molecule has 58 valence electrons. The molecule has 0 aliphatic carbocycles. The first-order chi connectivity index (χ1) is 5.18. The second kappa shape index (κ2) is 3.56. The van der Waals surface area contributed by atoms with Gasteiger partial charge in [0.25, 0.3) is 0 Å². The molecule has 1 heterocycles. The van der Waals surface area contributed by atoms with Crippen molar-refractivity contribution >= 4 is 34.6 Å². The highest BCUT2D eigenvalue weighted by molar-refractivity contribution is 14.1. The van der Waals surface area contributed by atoms with Gasteiger partial charge in [0.05, 0.1) is 5.97 Å². The molecule has 0 bridgehead atoms. The predicted molar refractivity (Wildman–Crippen MR) is 45.5 cm³/mol. The van der Waals surface area contributed by atoms with E-state index in [2.05, 4.69) is 0 Å². The Labute approximate surface area is 76.8 Å². The van der Waals surface area contributed by atoms with Crippen LogP contribution in [-0.4, -0.2) is 5.97 Å². The average molecular weight is 263 g/mol. The Morgan fingerprint density at radius 1 is 1.64 bits per heavy atom. The number of rotatable bonds is 2. The molecule has 3 nitrogen and oxygen atoms in total. The van der Waals surface area contributed by atoms with Gasteiger partial charge in [0.15, 0.2) is 3.77 Å². The number of furan rings is 1. The van der Waals surface area contributed by atoms with Gasteiger partial charge in [-0.15, -0.1) is 0 Å². The van der Waals surface area contributed by atoms with Gasteiger partial charge >= 0.3 is 0 Å². The van der Waals surface area contributed by atoms with Crippen LogP contribution in [0.3, 0.4) is 0 Å². The molecule has 11 heavy (non-hydrogen) atoms. The van der Waals surface area contributed by atoms with Crippen molar-refractivity contribution in [1.29, 1.82) is 0 Å². The number of carboxylic acid groups (broad SMARTS) is 1. The van der Waals surface area contributed by atoms with Gasteiger partial charge in [0.2, 0.25) is 0 Å². The topological polar surface area (TPSA) is 53.3 Å². The van der Waals surface area contributed by atoms with Crippen LogP contribution in [0.15, 0.2) is 22.6 Å². The molecule has 0 N–H and O–H groups in total. The number of aliphatic carboxylic acids is 1. The molecule has 0 atom stereocenters. The Morgan fingerprint density at radius 2 is 2.36 bits per heavy atom. The summed E-state index contributed by atoms with van der Waals surface area (Å²) in [6.45, 7) is 0. The summed E-state index contributed by atoms with van der Waals surface area (Å²) < 4.78 is 5.77. The fourth-order valence-electron chi connectivity index (χ4n) is 0.568. The Hall–Kier alpha value is -0.780. The lowest BCUT2D eigenvalue weighted by molar-refractivity contribution is -0.297. The number of hydrogen-bond donors (Lipinski definition) is 0. The van der Waals surface area contributed by atoms with Gasteiger partial charge in [-0.3, -0.25) is 0 Å². The molecule has 0 unspecified atom stereocenters. The lowest BCUT2D eigenvalue weighted by Crippen LogP contribution is -2.18. The average Bonchev–Trinajstić information content (AvgIpc) is 2.31. The Morgan fingerprint density at radius 3 is 2.82 bits per heavy atom. The molecule has 0 saturated heterocycles. The SMILES string of the molecule is O=C([O-])/C=C/c1ccc(I)o1. The number of hydrogen-bond acceptors (Lipinski definition) is 3. The van der Waals surface area contributed by atoms with Crippen LogP contribution in [0, 0.1) is 3.77 Å². The van der Waals surface area contributed by atoms with Gasteiger partial charge in [0.1, 0.15) is 5.76 Å². The Balaban J connectivity index is 2.71. The highest BCUT2D eigenvalue weighted by atomic mass is 127. The Kier molecular flexibility index (Phi) is 2.70. The highest BCUT2D eigenvalue weighted by Crippen LogP contribution is 2.10. The van der Waals surface area contributed by atoms with Crippen molar-refractivity contribution in [2.24, 2.45) is 0 Å². The molecule has 1 aromatic rings. The number of carboxylic acids is 1. The molecule has 0 aliphatic heterocycles. The summed E-state index contributed by atoms with van der Waals surface area (Å²) in [5.74, 6) is -0.713. The van der Waals surface area contributed by atoms with Crippen LogP contribution in [0.25, 0.3) is 6.08 Å². The van der Waals surface area contributed by atoms with Crippen LogP contribution >= 0.6 is 22.6 Å². The summed E-state index contributed by atoms with van der Waals surface area (Å²) in [6.07, 6.45) is 2.27. The van der Waals surface area contributed by atoms with E-state index in [1.54, 1.807) is 12.1 Å². The zero-order valence-electron chi connectivity index (χ0n) is 5.41. The summed E-state index contributed by atoms with van der Waals surface area (Å²) in [5.41, 5.74) is 0. The Bertz CT molecular complexity index is 288. The molecule has 0 aromatic carbocycles. The molecule has 0 radical (unpaired) electrons. The summed E-state index contributed by atoms with van der Waals surface area (Å²) in [7, 11) is 0. The predicted octanol–water partition coefficient (Wildman–Crippen LogP) is 0.647. The minimum Gasteiger partial charge on any atom is -0.545 e. The zero-order valence-corrected chi connectivity index (χ0v) is 7.57. The van der Waals surface area contributed by atoms with E-state index in [-0.39, 0.29) is 0 Å². The molecule has 1 aromatic heterocycles. The van der Waals surface area contributed by atoms with Gasteiger partial charge in [0, 0.05) is 0 Å². The first kappa shape index (κ1) is 8.32.